The summed E-state index contributed by atoms with van der Waals surface area (Å²) in [6.07, 6.45) is 3.46. The highest BCUT2D eigenvalue weighted by atomic mass is 35.5. The fourth-order valence-corrected chi connectivity index (χ4v) is 1.78. The lowest BCUT2D eigenvalue weighted by Crippen LogP contribution is -2.16. The zero-order valence-electron chi connectivity index (χ0n) is 9.79. The molecule has 2 nitrogen and oxygen atoms in total. The van der Waals surface area contributed by atoms with Crippen LogP contribution in [0.1, 0.15) is 37.9 Å². The summed E-state index contributed by atoms with van der Waals surface area (Å²) in [6, 6.07) is 7.70. The predicted octanol–water partition coefficient (Wildman–Crippen LogP) is 3.55. The summed E-state index contributed by atoms with van der Waals surface area (Å²) in [5.41, 5.74) is 6.76. The predicted molar refractivity (Wildman–Crippen MR) is 68.7 cm³/mol. The molecule has 0 aromatic heterocycles. The summed E-state index contributed by atoms with van der Waals surface area (Å²) in [5, 5.41) is 0.730. The van der Waals surface area contributed by atoms with E-state index in [2.05, 4.69) is 6.92 Å². The van der Waals surface area contributed by atoms with Crippen molar-refractivity contribution in [1.82, 2.24) is 0 Å². The van der Waals surface area contributed by atoms with Gasteiger partial charge in [0.15, 0.2) is 0 Å². The van der Waals surface area contributed by atoms with Crippen molar-refractivity contribution in [2.75, 3.05) is 13.2 Å². The molecule has 0 aliphatic rings. The molecule has 0 spiro atoms. The largest absolute Gasteiger partial charge is 0.372 e. The van der Waals surface area contributed by atoms with E-state index in [9.17, 15) is 0 Å². The minimum atomic E-state index is -0.0319. The molecular formula is C13H20ClNO. The summed E-state index contributed by atoms with van der Waals surface area (Å²) in [6.45, 7) is 3.44. The molecule has 0 fully saturated rings. The third-order valence-electron chi connectivity index (χ3n) is 2.50. The number of benzene rings is 1. The van der Waals surface area contributed by atoms with Crippen molar-refractivity contribution in [2.24, 2.45) is 5.73 Å². The van der Waals surface area contributed by atoms with Crippen molar-refractivity contribution in [1.29, 1.82) is 0 Å². The summed E-state index contributed by atoms with van der Waals surface area (Å²) in [7, 11) is 0. The van der Waals surface area contributed by atoms with E-state index in [4.69, 9.17) is 22.1 Å². The van der Waals surface area contributed by atoms with Crippen LogP contribution in [0.5, 0.6) is 0 Å². The molecule has 90 valence electrons. The van der Waals surface area contributed by atoms with E-state index in [1.165, 1.54) is 12.8 Å². The Morgan fingerprint density at radius 1 is 1.38 bits per heavy atom. The van der Waals surface area contributed by atoms with Crippen molar-refractivity contribution in [2.45, 2.75) is 32.3 Å². The summed E-state index contributed by atoms with van der Waals surface area (Å²) >= 11 is 5.93. The van der Waals surface area contributed by atoms with Crippen molar-refractivity contribution < 1.29 is 4.74 Å². The van der Waals surface area contributed by atoms with E-state index in [1.807, 2.05) is 24.3 Å². The quantitative estimate of drug-likeness (QED) is 0.741. The van der Waals surface area contributed by atoms with Crippen LogP contribution in [-0.2, 0) is 4.74 Å². The van der Waals surface area contributed by atoms with Gasteiger partial charge >= 0.3 is 0 Å². The van der Waals surface area contributed by atoms with E-state index in [-0.39, 0.29) is 6.10 Å². The first-order chi connectivity index (χ1) is 7.77. The second-order valence-electron chi connectivity index (χ2n) is 3.86. The number of hydrogen-bond acceptors (Lipinski definition) is 2. The minimum Gasteiger partial charge on any atom is -0.372 e. The Bertz CT molecular complexity index is 304. The Balaban J connectivity index is 2.47. The molecule has 1 aromatic carbocycles. The van der Waals surface area contributed by atoms with E-state index >= 15 is 0 Å². The second kappa shape index (κ2) is 7.66. The Labute approximate surface area is 103 Å². The standard InChI is InChI=1S/C13H20ClNO/c1-2-3-4-8-16-13(10-15)11-6-5-7-12(14)9-11/h5-7,9,13H,2-4,8,10,15H2,1H3. The minimum absolute atomic E-state index is 0.0319. The molecule has 0 aliphatic heterocycles. The van der Waals surface area contributed by atoms with Gasteiger partial charge in [0.1, 0.15) is 0 Å². The first-order valence-corrected chi connectivity index (χ1v) is 6.22. The maximum absolute atomic E-state index is 5.93. The number of unbranched alkanes of at least 4 members (excludes halogenated alkanes) is 2. The van der Waals surface area contributed by atoms with Gasteiger partial charge in [-0.1, -0.05) is 43.5 Å². The van der Waals surface area contributed by atoms with Crippen LogP contribution in [0.2, 0.25) is 5.02 Å². The maximum Gasteiger partial charge on any atom is 0.0947 e. The summed E-state index contributed by atoms with van der Waals surface area (Å²) in [5.74, 6) is 0. The van der Waals surface area contributed by atoms with Gasteiger partial charge in [-0.05, 0) is 24.1 Å². The van der Waals surface area contributed by atoms with Crippen LogP contribution in [0.15, 0.2) is 24.3 Å². The van der Waals surface area contributed by atoms with Gasteiger partial charge in [0.2, 0.25) is 0 Å². The highest BCUT2D eigenvalue weighted by molar-refractivity contribution is 6.30. The van der Waals surface area contributed by atoms with Crippen LogP contribution in [0.3, 0.4) is 0 Å². The van der Waals surface area contributed by atoms with Crippen LogP contribution in [0.4, 0.5) is 0 Å². The first-order valence-electron chi connectivity index (χ1n) is 5.85. The molecule has 1 aromatic rings. The fourth-order valence-electron chi connectivity index (χ4n) is 1.58. The van der Waals surface area contributed by atoms with Crippen molar-refractivity contribution in [3.63, 3.8) is 0 Å². The van der Waals surface area contributed by atoms with Gasteiger partial charge in [-0.3, -0.25) is 0 Å². The van der Waals surface area contributed by atoms with Crippen LogP contribution in [-0.4, -0.2) is 13.2 Å². The first kappa shape index (κ1) is 13.5. The number of ether oxygens (including phenoxy) is 1. The zero-order chi connectivity index (χ0) is 11.8. The topological polar surface area (TPSA) is 35.2 Å². The van der Waals surface area contributed by atoms with Crippen LogP contribution >= 0.6 is 11.6 Å². The third kappa shape index (κ3) is 4.52. The molecular weight excluding hydrogens is 222 g/mol. The molecule has 1 unspecified atom stereocenters. The Morgan fingerprint density at radius 3 is 2.81 bits per heavy atom. The van der Waals surface area contributed by atoms with Crippen molar-refractivity contribution in [3.8, 4) is 0 Å². The van der Waals surface area contributed by atoms with Gasteiger partial charge in [0.05, 0.1) is 6.10 Å². The van der Waals surface area contributed by atoms with Gasteiger partial charge in [0, 0.05) is 18.2 Å². The molecule has 1 rings (SSSR count). The summed E-state index contributed by atoms with van der Waals surface area (Å²) < 4.78 is 5.75. The number of hydrogen-bond donors (Lipinski definition) is 1. The van der Waals surface area contributed by atoms with Crippen molar-refractivity contribution >= 4 is 11.6 Å². The van der Waals surface area contributed by atoms with E-state index in [1.54, 1.807) is 0 Å². The molecule has 16 heavy (non-hydrogen) atoms. The lowest BCUT2D eigenvalue weighted by molar-refractivity contribution is 0.0560. The smallest absolute Gasteiger partial charge is 0.0947 e. The Kier molecular flexibility index (Phi) is 6.46. The Hall–Kier alpha value is -0.570. The van der Waals surface area contributed by atoms with Gasteiger partial charge in [-0.25, -0.2) is 0 Å². The van der Waals surface area contributed by atoms with E-state index in [0.717, 1.165) is 23.6 Å². The van der Waals surface area contributed by atoms with E-state index < -0.39 is 0 Å². The molecule has 2 N–H and O–H groups in total. The average molecular weight is 242 g/mol. The zero-order valence-corrected chi connectivity index (χ0v) is 10.5. The maximum atomic E-state index is 5.93. The van der Waals surface area contributed by atoms with Crippen LogP contribution in [0.25, 0.3) is 0 Å². The average Bonchev–Trinajstić information content (AvgIpc) is 2.29. The normalized spacial score (nSPS) is 12.7. The van der Waals surface area contributed by atoms with Gasteiger partial charge in [-0.2, -0.15) is 0 Å². The van der Waals surface area contributed by atoms with Crippen molar-refractivity contribution in [3.05, 3.63) is 34.9 Å². The molecule has 0 heterocycles. The molecule has 0 aliphatic carbocycles. The highest BCUT2D eigenvalue weighted by Gasteiger charge is 2.09. The van der Waals surface area contributed by atoms with Gasteiger partial charge in [-0.15, -0.1) is 0 Å². The fraction of sp³-hybridized carbons (Fsp3) is 0.538. The van der Waals surface area contributed by atoms with Crippen LogP contribution < -0.4 is 5.73 Å². The molecule has 0 radical (unpaired) electrons. The number of halogens is 1. The Morgan fingerprint density at radius 2 is 2.19 bits per heavy atom. The second-order valence-corrected chi connectivity index (χ2v) is 4.29. The number of rotatable bonds is 7. The van der Waals surface area contributed by atoms with Gasteiger partial charge < -0.3 is 10.5 Å². The summed E-state index contributed by atoms with van der Waals surface area (Å²) in [4.78, 5) is 0. The highest BCUT2D eigenvalue weighted by Crippen LogP contribution is 2.20. The molecule has 1 atom stereocenters. The lowest BCUT2D eigenvalue weighted by Gasteiger charge is -2.16. The third-order valence-corrected chi connectivity index (χ3v) is 2.74. The SMILES string of the molecule is CCCCCOC(CN)c1cccc(Cl)c1. The molecule has 3 heteroatoms. The molecule has 0 saturated carbocycles. The van der Waals surface area contributed by atoms with Crippen LogP contribution in [0, 0.1) is 0 Å². The molecule has 0 amide bonds. The number of nitrogens with two attached hydrogens (primary N) is 1. The molecule has 0 saturated heterocycles. The lowest BCUT2D eigenvalue weighted by atomic mass is 10.1. The van der Waals surface area contributed by atoms with E-state index in [0.29, 0.717) is 6.54 Å². The monoisotopic (exact) mass is 241 g/mol. The van der Waals surface area contributed by atoms with Gasteiger partial charge in [0.25, 0.3) is 0 Å². The molecule has 0 bridgehead atoms.